The molecule has 0 fully saturated rings. The molecule has 0 aliphatic rings. The Balaban J connectivity index is 2.14. The van der Waals surface area contributed by atoms with Gasteiger partial charge in [0.05, 0.1) is 11.3 Å². The van der Waals surface area contributed by atoms with Crippen molar-refractivity contribution in [2.75, 3.05) is 0 Å². The molecule has 1 N–H and O–H groups in total. The number of hydrogen-bond acceptors (Lipinski definition) is 4. The van der Waals surface area contributed by atoms with Crippen LogP contribution in [0.5, 0.6) is 0 Å². The maximum atomic E-state index is 11.5. The van der Waals surface area contributed by atoms with E-state index >= 15 is 0 Å². The van der Waals surface area contributed by atoms with Gasteiger partial charge in [-0.2, -0.15) is 0 Å². The quantitative estimate of drug-likeness (QED) is 0.796. The number of pyridine rings is 3. The van der Waals surface area contributed by atoms with Crippen LogP contribution in [0.4, 0.5) is 0 Å². The Hall–Kier alpha value is -3.08. The van der Waals surface area contributed by atoms with E-state index in [0.29, 0.717) is 11.3 Å². The molecule has 0 radical (unpaired) electrons. The van der Waals surface area contributed by atoms with E-state index in [0.717, 1.165) is 11.1 Å². The standard InChI is InChI=1S/C16H11N3O2/c20-16(21)13-9-15(12-3-7-18-8-4-12)19-10-14(13)11-1-5-17-6-2-11/h1-10H,(H,20,21). The lowest BCUT2D eigenvalue weighted by atomic mass is 10.0. The van der Waals surface area contributed by atoms with E-state index in [2.05, 4.69) is 15.0 Å². The number of nitrogens with zero attached hydrogens (tertiary/aromatic N) is 3. The maximum Gasteiger partial charge on any atom is 0.336 e. The van der Waals surface area contributed by atoms with Gasteiger partial charge in [-0.3, -0.25) is 15.0 Å². The third-order valence-electron chi connectivity index (χ3n) is 3.10. The van der Waals surface area contributed by atoms with Crippen molar-refractivity contribution < 1.29 is 9.90 Å². The third kappa shape index (κ3) is 2.62. The van der Waals surface area contributed by atoms with Gasteiger partial charge in [-0.1, -0.05) is 0 Å². The van der Waals surface area contributed by atoms with Crippen molar-refractivity contribution >= 4 is 5.97 Å². The molecule has 3 aromatic rings. The second-order valence-corrected chi connectivity index (χ2v) is 4.39. The predicted octanol–water partition coefficient (Wildman–Crippen LogP) is 2.90. The fourth-order valence-electron chi connectivity index (χ4n) is 2.07. The van der Waals surface area contributed by atoms with Crippen LogP contribution in [0.15, 0.2) is 61.3 Å². The van der Waals surface area contributed by atoms with Crippen molar-refractivity contribution in [2.45, 2.75) is 0 Å². The number of aromatic nitrogens is 3. The zero-order valence-corrected chi connectivity index (χ0v) is 11.0. The molecule has 0 aromatic carbocycles. The molecule has 102 valence electrons. The smallest absolute Gasteiger partial charge is 0.336 e. The minimum Gasteiger partial charge on any atom is -0.478 e. The number of carbonyl (C=O) groups is 1. The van der Waals surface area contributed by atoms with Gasteiger partial charge < -0.3 is 5.11 Å². The van der Waals surface area contributed by atoms with Gasteiger partial charge in [0.1, 0.15) is 0 Å². The van der Waals surface area contributed by atoms with E-state index in [9.17, 15) is 9.90 Å². The summed E-state index contributed by atoms with van der Waals surface area (Å²) in [6.45, 7) is 0. The van der Waals surface area contributed by atoms with Gasteiger partial charge in [-0.15, -0.1) is 0 Å². The van der Waals surface area contributed by atoms with Crippen LogP contribution in [-0.2, 0) is 0 Å². The lowest BCUT2D eigenvalue weighted by Gasteiger charge is -2.08. The van der Waals surface area contributed by atoms with E-state index < -0.39 is 5.97 Å². The molecule has 0 aliphatic carbocycles. The highest BCUT2D eigenvalue weighted by molar-refractivity contribution is 5.96. The zero-order chi connectivity index (χ0) is 14.7. The first-order chi connectivity index (χ1) is 10.3. The molecule has 3 heterocycles. The molecule has 3 aromatic heterocycles. The zero-order valence-electron chi connectivity index (χ0n) is 11.0. The van der Waals surface area contributed by atoms with Crippen LogP contribution >= 0.6 is 0 Å². The Morgan fingerprint density at radius 3 is 2.05 bits per heavy atom. The molecule has 0 saturated heterocycles. The van der Waals surface area contributed by atoms with Crippen LogP contribution < -0.4 is 0 Å². The average molecular weight is 277 g/mol. The molecule has 0 atom stereocenters. The van der Waals surface area contributed by atoms with Crippen molar-refractivity contribution in [3.05, 3.63) is 66.9 Å². The Labute approximate surface area is 121 Å². The molecule has 3 rings (SSSR count). The van der Waals surface area contributed by atoms with Gasteiger partial charge in [-0.25, -0.2) is 4.79 Å². The summed E-state index contributed by atoms with van der Waals surface area (Å²) in [7, 11) is 0. The molecule has 21 heavy (non-hydrogen) atoms. The van der Waals surface area contributed by atoms with Crippen molar-refractivity contribution in [3.63, 3.8) is 0 Å². The maximum absolute atomic E-state index is 11.5. The van der Waals surface area contributed by atoms with E-state index in [4.69, 9.17) is 0 Å². The molecule has 0 amide bonds. The summed E-state index contributed by atoms with van der Waals surface area (Å²) in [4.78, 5) is 23.8. The monoisotopic (exact) mass is 277 g/mol. The molecule has 0 aliphatic heterocycles. The lowest BCUT2D eigenvalue weighted by Crippen LogP contribution is -2.01. The Bertz CT molecular complexity index is 774. The molecular weight excluding hydrogens is 266 g/mol. The highest BCUT2D eigenvalue weighted by atomic mass is 16.4. The Morgan fingerprint density at radius 1 is 0.905 bits per heavy atom. The second-order valence-electron chi connectivity index (χ2n) is 4.39. The summed E-state index contributed by atoms with van der Waals surface area (Å²) in [6.07, 6.45) is 8.12. The summed E-state index contributed by atoms with van der Waals surface area (Å²) >= 11 is 0. The fraction of sp³-hybridized carbons (Fsp3) is 0. The van der Waals surface area contributed by atoms with Crippen LogP contribution in [0.3, 0.4) is 0 Å². The van der Waals surface area contributed by atoms with E-state index in [1.54, 1.807) is 61.3 Å². The van der Waals surface area contributed by atoms with E-state index in [1.165, 1.54) is 0 Å². The number of carboxylic acids is 1. The summed E-state index contributed by atoms with van der Waals surface area (Å²) in [5, 5.41) is 9.44. The normalized spacial score (nSPS) is 10.3. The van der Waals surface area contributed by atoms with Gasteiger partial charge in [-0.05, 0) is 35.9 Å². The fourth-order valence-corrected chi connectivity index (χ4v) is 2.07. The molecule has 0 saturated carbocycles. The highest BCUT2D eigenvalue weighted by Crippen LogP contribution is 2.26. The predicted molar refractivity (Wildman–Crippen MR) is 77.7 cm³/mol. The van der Waals surface area contributed by atoms with E-state index in [-0.39, 0.29) is 5.56 Å². The largest absolute Gasteiger partial charge is 0.478 e. The topological polar surface area (TPSA) is 76.0 Å². The summed E-state index contributed by atoms with van der Waals surface area (Å²) in [5.41, 5.74) is 2.99. The number of aromatic carboxylic acids is 1. The second kappa shape index (κ2) is 5.50. The SMILES string of the molecule is O=C(O)c1cc(-c2ccncc2)ncc1-c1ccncc1. The van der Waals surface area contributed by atoms with Crippen LogP contribution in [-0.4, -0.2) is 26.0 Å². The van der Waals surface area contributed by atoms with Gasteiger partial charge >= 0.3 is 5.97 Å². The number of hydrogen-bond donors (Lipinski definition) is 1. The molecular formula is C16H11N3O2. The highest BCUT2D eigenvalue weighted by Gasteiger charge is 2.14. The first-order valence-electron chi connectivity index (χ1n) is 6.30. The van der Waals surface area contributed by atoms with Gasteiger partial charge in [0.25, 0.3) is 0 Å². The minimum atomic E-state index is -0.987. The third-order valence-corrected chi connectivity index (χ3v) is 3.10. The summed E-state index contributed by atoms with van der Waals surface area (Å²) in [5.74, 6) is -0.987. The molecule has 0 unspecified atom stereocenters. The molecule has 5 nitrogen and oxygen atoms in total. The molecule has 5 heteroatoms. The number of rotatable bonds is 3. The van der Waals surface area contributed by atoms with Crippen LogP contribution in [0, 0.1) is 0 Å². The van der Waals surface area contributed by atoms with Gasteiger partial charge in [0.2, 0.25) is 0 Å². The summed E-state index contributed by atoms with van der Waals surface area (Å²) in [6, 6.07) is 8.68. The number of carboxylic acid groups (broad SMARTS) is 1. The van der Waals surface area contributed by atoms with Crippen LogP contribution in [0.2, 0.25) is 0 Å². The minimum absolute atomic E-state index is 0.211. The summed E-state index contributed by atoms with van der Waals surface area (Å²) < 4.78 is 0. The van der Waals surface area contributed by atoms with Crippen molar-refractivity contribution in [3.8, 4) is 22.4 Å². The van der Waals surface area contributed by atoms with Crippen molar-refractivity contribution in [1.29, 1.82) is 0 Å². The van der Waals surface area contributed by atoms with Gasteiger partial charge in [0.15, 0.2) is 0 Å². The molecule has 0 spiro atoms. The van der Waals surface area contributed by atoms with Crippen LogP contribution in [0.1, 0.15) is 10.4 Å². The van der Waals surface area contributed by atoms with E-state index in [1.807, 2.05) is 0 Å². The van der Waals surface area contributed by atoms with Crippen molar-refractivity contribution in [1.82, 2.24) is 15.0 Å². The lowest BCUT2D eigenvalue weighted by molar-refractivity contribution is 0.0697. The first kappa shape index (κ1) is 12.9. The Kier molecular flexibility index (Phi) is 3.39. The average Bonchev–Trinajstić information content (AvgIpc) is 2.56. The Morgan fingerprint density at radius 2 is 1.48 bits per heavy atom. The van der Waals surface area contributed by atoms with Crippen LogP contribution in [0.25, 0.3) is 22.4 Å². The first-order valence-corrected chi connectivity index (χ1v) is 6.30. The molecule has 0 bridgehead atoms. The van der Waals surface area contributed by atoms with Gasteiger partial charge in [0, 0.05) is 42.1 Å². The van der Waals surface area contributed by atoms with Crippen molar-refractivity contribution in [2.24, 2.45) is 0 Å².